The molecule has 118 valence electrons. The number of carbonyl (C=O) groups is 2. The van der Waals surface area contributed by atoms with E-state index in [-0.39, 0.29) is 19.1 Å². The van der Waals surface area contributed by atoms with Crippen molar-refractivity contribution in [2.45, 2.75) is 44.8 Å². The van der Waals surface area contributed by atoms with Crippen LogP contribution in [0.3, 0.4) is 0 Å². The van der Waals surface area contributed by atoms with Crippen molar-refractivity contribution in [3.63, 3.8) is 0 Å². The molecule has 6 heteroatoms. The predicted molar refractivity (Wildman–Crippen MR) is 78.7 cm³/mol. The number of nitrogens with zero attached hydrogens (tertiary/aromatic N) is 1. The van der Waals surface area contributed by atoms with Crippen LogP contribution < -0.4 is 5.32 Å². The molecule has 1 saturated heterocycles. The zero-order valence-corrected chi connectivity index (χ0v) is 12.9. The van der Waals surface area contributed by atoms with Gasteiger partial charge in [0.25, 0.3) is 0 Å². The highest BCUT2D eigenvalue weighted by Gasteiger charge is 2.41. The molecule has 1 aliphatic heterocycles. The largest absolute Gasteiger partial charge is 0.480 e. The van der Waals surface area contributed by atoms with Gasteiger partial charge in [0.1, 0.15) is 12.1 Å². The second-order valence-electron chi connectivity index (χ2n) is 5.76. The van der Waals surface area contributed by atoms with Gasteiger partial charge in [-0.15, -0.1) is 6.42 Å². The van der Waals surface area contributed by atoms with Crippen LogP contribution in [0.1, 0.15) is 33.6 Å². The molecule has 2 N–H and O–H groups in total. The molecule has 0 atom stereocenters. The van der Waals surface area contributed by atoms with Gasteiger partial charge in [0.2, 0.25) is 5.91 Å². The van der Waals surface area contributed by atoms with Crippen molar-refractivity contribution in [1.29, 1.82) is 0 Å². The van der Waals surface area contributed by atoms with Crippen molar-refractivity contribution in [1.82, 2.24) is 10.2 Å². The van der Waals surface area contributed by atoms with E-state index in [1.165, 1.54) is 0 Å². The molecule has 1 aliphatic rings. The van der Waals surface area contributed by atoms with E-state index in [1.807, 2.05) is 25.7 Å². The van der Waals surface area contributed by atoms with Gasteiger partial charge < -0.3 is 15.2 Å². The van der Waals surface area contributed by atoms with Crippen LogP contribution in [0.2, 0.25) is 0 Å². The average Bonchev–Trinajstić information content (AvgIpc) is 2.41. The second-order valence-corrected chi connectivity index (χ2v) is 5.76. The first-order chi connectivity index (χ1) is 9.78. The molecular weight excluding hydrogens is 272 g/mol. The number of amides is 1. The molecule has 1 rings (SSSR count). The van der Waals surface area contributed by atoms with Crippen LogP contribution in [0.25, 0.3) is 0 Å². The molecule has 0 saturated carbocycles. The number of hydrogen-bond acceptors (Lipinski definition) is 4. The summed E-state index contributed by atoms with van der Waals surface area (Å²) in [4.78, 5) is 24.4. The molecule has 0 aromatic heterocycles. The minimum absolute atomic E-state index is 0.114. The van der Waals surface area contributed by atoms with E-state index < -0.39 is 17.1 Å². The van der Waals surface area contributed by atoms with E-state index in [9.17, 15) is 9.59 Å². The Kier molecular flexibility index (Phi) is 5.76. The molecule has 0 aromatic carbocycles. The number of likely N-dealkylation sites (tertiary alicyclic amines) is 1. The standard InChI is InChI=1S/C15H24N2O4/c1-5-15(6-2,7-3)16-12(18)8-17-10-14(4,11-17)21-9-13(19)20/h1H,6-11H2,2-4H3,(H,16,18)(H,19,20). The average molecular weight is 296 g/mol. The first-order valence-electron chi connectivity index (χ1n) is 7.15. The highest BCUT2D eigenvalue weighted by molar-refractivity contribution is 5.79. The van der Waals surface area contributed by atoms with Gasteiger partial charge in [0.05, 0.1) is 12.1 Å². The molecule has 0 aliphatic carbocycles. The molecule has 6 nitrogen and oxygen atoms in total. The van der Waals surface area contributed by atoms with Crippen LogP contribution in [0.5, 0.6) is 0 Å². The second kappa shape index (κ2) is 6.92. The molecule has 0 unspecified atom stereocenters. The number of rotatable bonds is 8. The van der Waals surface area contributed by atoms with Crippen LogP contribution >= 0.6 is 0 Å². The Hall–Kier alpha value is -1.58. The molecule has 1 amide bonds. The minimum Gasteiger partial charge on any atom is -0.480 e. The lowest BCUT2D eigenvalue weighted by Gasteiger charge is -2.47. The minimum atomic E-state index is -0.989. The lowest BCUT2D eigenvalue weighted by Crippen LogP contribution is -2.64. The predicted octanol–water partition coefficient (Wildman–Crippen LogP) is 0.470. The lowest BCUT2D eigenvalue weighted by molar-refractivity contribution is -0.166. The monoisotopic (exact) mass is 296 g/mol. The molecule has 0 bridgehead atoms. The first-order valence-corrected chi connectivity index (χ1v) is 7.15. The Morgan fingerprint density at radius 1 is 1.43 bits per heavy atom. The van der Waals surface area contributed by atoms with Crippen LogP contribution in [0, 0.1) is 12.3 Å². The van der Waals surface area contributed by atoms with Gasteiger partial charge in [-0.2, -0.15) is 0 Å². The molecule has 0 aromatic rings. The third kappa shape index (κ3) is 4.73. The molecule has 21 heavy (non-hydrogen) atoms. The topological polar surface area (TPSA) is 78.9 Å². The number of aliphatic carboxylic acids is 1. The fourth-order valence-corrected chi connectivity index (χ4v) is 2.52. The van der Waals surface area contributed by atoms with Crippen molar-refractivity contribution in [3.05, 3.63) is 0 Å². The summed E-state index contributed by atoms with van der Waals surface area (Å²) in [5, 5.41) is 11.5. The van der Waals surface area contributed by atoms with E-state index in [4.69, 9.17) is 16.3 Å². The maximum absolute atomic E-state index is 12.0. The van der Waals surface area contributed by atoms with E-state index >= 15 is 0 Å². The maximum Gasteiger partial charge on any atom is 0.329 e. The number of carboxylic acid groups (broad SMARTS) is 1. The summed E-state index contributed by atoms with van der Waals surface area (Å²) in [6, 6.07) is 0. The van der Waals surface area contributed by atoms with E-state index in [1.54, 1.807) is 0 Å². The van der Waals surface area contributed by atoms with Gasteiger partial charge in [-0.1, -0.05) is 19.8 Å². The number of hydrogen-bond donors (Lipinski definition) is 2. The number of ether oxygens (including phenoxy) is 1. The molecule has 0 radical (unpaired) electrons. The molecular formula is C15H24N2O4. The fraction of sp³-hybridized carbons (Fsp3) is 0.733. The molecule has 0 spiro atoms. The van der Waals surface area contributed by atoms with Gasteiger partial charge in [0, 0.05) is 13.1 Å². The van der Waals surface area contributed by atoms with Gasteiger partial charge >= 0.3 is 5.97 Å². The number of carboxylic acids is 1. The van der Waals surface area contributed by atoms with E-state index in [0.717, 1.165) is 0 Å². The first kappa shape index (κ1) is 17.5. The lowest BCUT2D eigenvalue weighted by atomic mass is 9.93. The summed E-state index contributed by atoms with van der Waals surface area (Å²) in [6.07, 6.45) is 6.88. The van der Waals surface area contributed by atoms with Crippen molar-refractivity contribution < 1.29 is 19.4 Å². The number of carbonyl (C=O) groups excluding carboxylic acids is 1. The molecule has 1 heterocycles. The Balaban J connectivity index is 2.39. The van der Waals surface area contributed by atoms with Gasteiger partial charge in [0.15, 0.2) is 0 Å². The maximum atomic E-state index is 12.0. The van der Waals surface area contributed by atoms with Crippen LogP contribution in [0.15, 0.2) is 0 Å². The summed E-state index contributed by atoms with van der Waals surface area (Å²) in [7, 11) is 0. The van der Waals surface area contributed by atoms with Gasteiger partial charge in [-0.25, -0.2) is 4.79 Å². The van der Waals surface area contributed by atoms with Crippen molar-refractivity contribution in [2.24, 2.45) is 0 Å². The normalized spacial score (nSPS) is 17.6. The summed E-state index contributed by atoms with van der Waals surface area (Å²) >= 11 is 0. The summed E-state index contributed by atoms with van der Waals surface area (Å²) in [6.45, 7) is 6.74. The highest BCUT2D eigenvalue weighted by Crippen LogP contribution is 2.24. The zero-order valence-electron chi connectivity index (χ0n) is 12.9. The van der Waals surface area contributed by atoms with Crippen LogP contribution in [0.4, 0.5) is 0 Å². The van der Waals surface area contributed by atoms with E-state index in [0.29, 0.717) is 25.9 Å². The summed E-state index contributed by atoms with van der Waals surface area (Å²) in [5.41, 5.74) is -1.07. The Morgan fingerprint density at radius 2 is 2.00 bits per heavy atom. The van der Waals surface area contributed by atoms with Crippen molar-refractivity contribution >= 4 is 11.9 Å². The van der Waals surface area contributed by atoms with E-state index in [2.05, 4.69) is 11.2 Å². The zero-order chi connectivity index (χ0) is 16.1. The van der Waals surface area contributed by atoms with Crippen LogP contribution in [-0.2, 0) is 14.3 Å². The summed E-state index contributed by atoms with van der Waals surface area (Å²) in [5.74, 6) is 1.56. The Labute approximate surface area is 125 Å². The third-order valence-electron chi connectivity index (χ3n) is 3.89. The van der Waals surface area contributed by atoms with Gasteiger partial charge in [-0.3, -0.25) is 9.69 Å². The fourth-order valence-electron chi connectivity index (χ4n) is 2.52. The van der Waals surface area contributed by atoms with Crippen molar-refractivity contribution in [3.8, 4) is 12.3 Å². The number of terminal acetylenes is 1. The SMILES string of the molecule is C#CC(CC)(CC)NC(=O)CN1CC(C)(OCC(=O)O)C1. The molecule has 1 fully saturated rings. The smallest absolute Gasteiger partial charge is 0.329 e. The Morgan fingerprint density at radius 3 is 2.43 bits per heavy atom. The van der Waals surface area contributed by atoms with Crippen molar-refractivity contribution in [2.75, 3.05) is 26.2 Å². The Bertz CT molecular complexity index is 431. The summed E-state index contributed by atoms with van der Waals surface area (Å²) < 4.78 is 5.30. The van der Waals surface area contributed by atoms with Gasteiger partial charge in [-0.05, 0) is 19.8 Å². The highest BCUT2D eigenvalue weighted by atomic mass is 16.5. The quantitative estimate of drug-likeness (QED) is 0.637. The van der Waals surface area contributed by atoms with Crippen LogP contribution in [-0.4, -0.2) is 59.3 Å². The number of nitrogens with one attached hydrogen (secondary N) is 1. The third-order valence-corrected chi connectivity index (χ3v) is 3.89.